The van der Waals surface area contributed by atoms with E-state index >= 15 is 0 Å². The molecule has 142 valence electrons. The number of ether oxygens (including phenoxy) is 1. The summed E-state index contributed by atoms with van der Waals surface area (Å²) in [5, 5.41) is 9.84. The van der Waals surface area contributed by atoms with Gasteiger partial charge in [0.2, 0.25) is 0 Å². The van der Waals surface area contributed by atoms with Crippen molar-refractivity contribution < 1.29 is 19.4 Å². The third-order valence-corrected chi connectivity index (χ3v) is 4.99. The van der Waals surface area contributed by atoms with E-state index in [9.17, 15) is 14.7 Å². The molecule has 5 heteroatoms. The number of hydrogen-bond donors (Lipinski definition) is 1. The Morgan fingerprint density at radius 2 is 1.59 bits per heavy atom. The Kier molecular flexibility index (Phi) is 4.72. The van der Waals surface area contributed by atoms with Gasteiger partial charge in [-0.15, -0.1) is 0 Å². The van der Waals surface area contributed by atoms with Crippen molar-refractivity contribution >= 4 is 12.1 Å². The van der Waals surface area contributed by atoms with Gasteiger partial charge in [0.25, 0.3) is 0 Å². The van der Waals surface area contributed by atoms with Gasteiger partial charge in [-0.3, -0.25) is 4.90 Å². The van der Waals surface area contributed by atoms with Crippen LogP contribution >= 0.6 is 0 Å². The predicted octanol–water partition coefficient (Wildman–Crippen LogP) is 4.53. The first-order chi connectivity index (χ1) is 12.6. The molecule has 1 N–H and O–H groups in total. The lowest BCUT2D eigenvalue weighted by molar-refractivity contribution is -0.144. The molecule has 0 bridgehead atoms. The number of aliphatic carboxylic acids is 1. The van der Waals surface area contributed by atoms with E-state index in [2.05, 4.69) is 0 Å². The van der Waals surface area contributed by atoms with Crippen LogP contribution in [0.15, 0.2) is 54.6 Å². The van der Waals surface area contributed by atoms with Crippen LogP contribution in [0.25, 0.3) is 11.1 Å². The standard InChI is InChI=1S/C22H25NO4/c1-21(2,3)27-20(26)23(4)22(19(24)25)14-18(22)17-12-10-16(11-13-17)15-8-6-5-7-9-15/h5-13,18H,14H2,1-4H3,(H,24,25)/t18-,22?/m0/s1. The maximum atomic E-state index is 12.4. The van der Waals surface area contributed by atoms with Crippen LogP contribution in [-0.4, -0.2) is 40.3 Å². The Balaban J connectivity index is 1.81. The summed E-state index contributed by atoms with van der Waals surface area (Å²) in [5.41, 5.74) is 1.16. The van der Waals surface area contributed by atoms with E-state index < -0.39 is 23.2 Å². The average molecular weight is 367 g/mol. The zero-order chi connectivity index (χ0) is 19.8. The highest BCUT2D eigenvalue weighted by Gasteiger charge is 2.66. The molecule has 0 heterocycles. The highest BCUT2D eigenvalue weighted by Crippen LogP contribution is 2.55. The lowest BCUT2D eigenvalue weighted by Crippen LogP contribution is -2.47. The number of nitrogens with zero attached hydrogens (tertiary/aromatic N) is 1. The Labute approximate surface area is 159 Å². The zero-order valence-electron chi connectivity index (χ0n) is 16.1. The van der Waals surface area contributed by atoms with Crippen molar-refractivity contribution in [1.29, 1.82) is 0 Å². The number of likely N-dealkylation sites (N-methyl/N-ethyl adjacent to an activating group) is 1. The Morgan fingerprint density at radius 1 is 1.04 bits per heavy atom. The molecule has 1 unspecified atom stereocenters. The summed E-state index contributed by atoms with van der Waals surface area (Å²) < 4.78 is 5.36. The van der Waals surface area contributed by atoms with E-state index in [4.69, 9.17) is 4.74 Å². The molecule has 1 fully saturated rings. The fourth-order valence-electron chi connectivity index (χ4n) is 3.43. The zero-order valence-corrected chi connectivity index (χ0v) is 16.1. The van der Waals surface area contributed by atoms with Gasteiger partial charge in [-0.25, -0.2) is 9.59 Å². The molecular formula is C22H25NO4. The van der Waals surface area contributed by atoms with E-state index in [-0.39, 0.29) is 5.92 Å². The van der Waals surface area contributed by atoms with Gasteiger partial charge >= 0.3 is 12.1 Å². The lowest BCUT2D eigenvalue weighted by atomic mass is 10.0. The van der Waals surface area contributed by atoms with Gasteiger partial charge < -0.3 is 9.84 Å². The number of carbonyl (C=O) groups excluding carboxylic acids is 1. The van der Waals surface area contributed by atoms with Crippen LogP contribution in [0.2, 0.25) is 0 Å². The summed E-state index contributed by atoms with van der Waals surface area (Å²) in [7, 11) is 1.50. The van der Waals surface area contributed by atoms with E-state index in [1.807, 2.05) is 54.6 Å². The topological polar surface area (TPSA) is 66.8 Å². The number of rotatable bonds is 4. The monoisotopic (exact) mass is 367 g/mol. The molecular weight excluding hydrogens is 342 g/mol. The fourth-order valence-corrected chi connectivity index (χ4v) is 3.43. The second kappa shape index (κ2) is 6.72. The summed E-state index contributed by atoms with van der Waals surface area (Å²) in [6.07, 6.45) is -0.240. The quantitative estimate of drug-likeness (QED) is 0.862. The molecule has 0 aromatic heterocycles. The van der Waals surface area contributed by atoms with Gasteiger partial charge in [0.05, 0.1) is 0 Å². The first-order valence-electron chi connectivity index (χ1n) is 9.01. The first-order valence-corrected chi connectivity index (χ1v) is 9.01. The van der Waals surface area contributed by atoms with Crippen molar-refractivity contribution in [2.45, 2.75) is 44.2 Å². The Hall–Kier alpha value is -2.82. The molecule has 0 aliphatic heterocycles. The summed E-state index contributed by atoms with van der Waals surface area (Å²) in [6.45, 7) is 5.29. The van der Waals surface area contributed by atoms with Crippen molar-refractivity contribution in [2.75, 3.05) is 7.05 Å². The fraction of sp³-hybridized carbons (Fsp3) is 0.364. The number of carboxylic acids is 1. The predicted molar refractivity (Wildman–Crippen MR) is 104 cm³/mol. The van der Waals surface area contributed by atoms with E-state index in [0.29, 0.717) is 6.42 Å². The maximum Gasteiger partial charge on any atom is 0.411 e. The van der Waals surface area contributed by atoms with E-state index in [1.54, 1.807) is 20.8 Å². The van der Waals surface area contributed by atoms with Crippen molar-refractivity contribution in [3.8, 4) is 11.1 Å². The highest BCUT2D eigenvalue weighted by atomic mass is 16.6. The molecule has 0 radical (unpaired) electrons. The van der Waals surface area contributed by atoms with Gasteiger partial charge in [0.1, 0.15) is 5.60 Å². The third-order valence-electron chi connectivity index (χ3n) is 4.99. The number of hydrogen-bond acceptors (Lipinski definition) is 3. The minimum absolute atomic E-state index is 0.252. The summed E-state index contributed by atoms with van der Waals surface area (Å²) in [6, 6.07) is 17.9. The van der Waals surface area contributed by atoms with Gasteiger partial charge in [0.15, 0.2) is 5.54 Å². The van der Waals surface area contributed by atoms with Crippen LogP contribution in [0, 0.1) is 0 Å². The third kappa shape index (κ3) is 3.68. The molecule has 1 aliphatic carbocycles. The smallest absolute Gasteiger partial charge is 0.411 e. The number of carbonyl (C=O) groups is 2. The molecule has 2 aromatic rings. The van der Waals surface area contributed by atoms with E-state index in [1.165, 1.54) is 11.9 Å². The Morgan fingerprint density at radius 3 is 2.11 bits per heavy atom. The van der Waals surface area contributed by atoms with Crippen LogP contribution in [0.4, 0.5) is 4.79 Å². The molecule has 1 amide bonds. The largest absolute Gasteiger partial charge is 0.479 e. The normalized spacial score (nSPS) is 21.4. The van der Waals surface area contributed by atoms with Crippen molar-refractivity contribution in [1.82, 2.24) is 4.90 Å². The van der Waals surface area contributed by atoms with Crippen LogP contribution in [0.5, 0.6) is 0 Å². The molecule has 1 saturated carbocycles. The van der Waals surface area contributed by atoms with Gasteiger partial charge in [-0.05, 0) is 43.9 Å². The minimum atomic E-state index is -1.25. The van der Waals surface area contributed by atoms with Crippen LogP contribution < -0.4 is 0 Å². The maximum absolute atomic E-state index is 12.4. The van der Waals surface area contributed by atoms with Crippen LogP contribution in [0.3, 0.4) is 0 Å². The highest BCUT2D eigenvalue weighted by molar-refractivity contribution is 5.90. The SMILES string of the molecule is CN(C(=O)OC(C)(C)C)C1(C(=O)O)C[C@H]1c1ccc(-c2ccccc2)cc1. The molecule has 1 aliphatic rings. The molecule has 5 nitrogen and oxygen atoms in total. The molecule has 2 atom stereocenters. The van der Waals surface area contributed by atoms with Crippen molar-refractivity contribution in [3.63, 3.8) is 0 Å². The van der Waals surface area contributed by atoms with Gasteiger partial charge in [0, 0.05) is 13.0 Å². The van der Waals surface area contributed by atoms with Crippen molar-refractivity contribution in [3.05, 3.63) is 60.2 Å². The van der Waals surface area contributed by atoms with Gasteiger partial charge in [-0.2, -0.15) is 0 Å². The number of amides is 1. The van der Waals surface area contributed by atoms with E-state index in [0.717, 1.165) is 16.7 Å². The van der Waals surface area contributed by atoms with Crippen LogP contribution in [-0.2, 0) is 9.53 Å². The number of carboxylic acid groups (broad SMARTS) is 1. The van der Waals surface area contributed by atoms with Gasteiger partial charge in [-0.1, -0.05) is 54.6 Å². The lowest BCUT2D eigenvalue weighted by Gasteiger charge is -2.29. The average Bonchev–Trinajstić information content (AvgIpc) is 3.37. The summed E-state index contributed by atoms with van der Waals surface area (Å²) in [4.78, 5) is 25.7. The molecule has 27 heavy (non-hydrogen) atoms. The molecule has 2 aromatic carbocycles. The number of benzene rings is 2. The molecule has 0 spiro atoms. The van der Waals surface area contributed by atoms with Crippen molar-refractivity contribution in [2.24, 2.45) is 0 Å². The second-order valence-electron chi connectivity index (χ2n) is 8.01. The Bertz CT molecular complexity index is 839. The minimum Gasteiger partial charge on any atom is -0.479 e. The molecule has 3 rings (SSSR count). The summed E-state index contributed by atoms with van der Waals surface area (Å²) in [5.74, 6) is -1.26. The van der Waals surface area contributed by atoms with Crippen LogP contribution in [0.1, 0.15) is 38.7 Å². The molecule has 0 saturated heterocycles. The summed E-state index contributed by atoms with van der Waals surface area (Å²) >= 11 is 0. The first kappa shape index (κ1) is 19.0. The second-order valence-corrected chi connectivity index (χ2v) is 8.01.